The van der Waals surface area contributed by atoms with Gasteiger partial charge in [0.1, 0.15) is 0 Å². The fourth-order valence-corrected chi connectivity index (χ4v) is 2.83. The summed E-state index contributed by atoms with van der Waals surface area (Å²) in [5.41, 5.74) is 4.60. The Kier molecular flexibility index (Phi) is 4.81. The maximum Gasteiger partial charge on any atom is 0.272 e. The number of carbonyl (C=O) groups excluding carboxylic acids is 1. The number of nitrogens with zero attached hydrogens (tertiary/aromatic N) is 2. The summed E-state index contributed by atoms with van der Waals surface area (Å²) < 4.78 is 2.75. The van der Waals surface area contributed by atoms with Crippen LogP contribution in [0.25, 0.3) is 11.3 Å². The third-order valence-corrected chi connectivity index (χ3v) is 4.32. The smallest absolute Gasteiger partial charge is 0.272 e. The number of hydrogen-bond acceptors (Lipinski definition) is 2. The molecule has 0 saturated carbocycles. The van der Waals surface area contributed by atoms with Crippen LogP contribution in [0.15, 0.2) is 59.1 Å². The van der Waals surface area contributed by atoms with Crippen LogP contribution in [0, 0.1) is 6.92 Å². The second-order valence-electron chi connectivity index (χ2n) is 5.72. The normalized spacial score (nSPS) is 10.6. The van der Waals surface area contributed by atoms with Gasteiger partial charge in [-0.25, -0.2) is 0 Å². The number of rotatable bonds is 4. The highest BCUT2D eigenvalue weighted by Gasteiger charge is 2.13. The minimum atomic E-state index is -0.171. The summed E-state index contributed by atoms with van der Waals surface area (Å²) in [6.07, 6.45) is 0. The second-order valence-corrected chi connectivity index (χ2v) is 6.63. The molecule has 122 valence electrons. The van der Waals surface area contributed by atoms with Gasteiger partial charge >= 0.3 is 0 Å². The van der Waals surface area contributed by atoms with Gasteiger partial charge in [-0.1, -0.05) is 57.9 Å². The van der Waals surface area contributed by atoms with Gasteiger partial charge in [-0.05, 0) is 36.2 Å². The summed E-state index contributed by atoms with van der Waals surface area (Å²) in [4.78, 5) is 12.4. The van der Waals surface area contributed by atoms with E-state index in [4.69, 9.17) is 0 Å². The Balaban J connectivity index is 1.74. The maximum absolute atomic E-state index is 12.4. The number of benzene rings is 2. The van der Waals surface area contributed by atoms with Crippen molar-refractivity contribution in [2.24, 2.45) is 7.05 Å². The number of hydrogen-bond donors (Lipinski definition) is 1. The largest absolute Gasteiger partial charge is 0.347 e. The van der Waals surface area contributed by atoms with E-state index >= 15 is 0 Å². The van der Waals surface area contributed by atoms with Gasteiger partial charge in [-0.2, -0.15) is 5.10 Å². The van der Waals surface area contributed by atoms with Gasteiger partial charge < -0.3 is 5.32 Å². The highest BCUT2D eigenvalue weighted by molar-refractivity contribution is 9.10. The lowest BCUT2D eigenvalue weighted by Crippen LogP contribution is -2.23. The van der Waals surface area contributed by atoms with Crippen LogP contribution < -0.4 is 5.32 Å². The Hall–Kier alpha value is -2.40. The third-order valence-electron chi connectivity index (χ3n) is 3.79. The molecule has 5 heteroatoms. The number of carbonyl (C=O) groups is 1. The molecule has 0 fully saturated rings. The zero-order chi connectivity index (χ0) is 17.1. The lowest BCUT2D eigenvalue weighted by atomic mass is 10.1. The molecule has 1 amide bonds. The Bertz CT molecular complexity index is 869. The molecule has 0 unspecified atom stereocenters. The van der Waals surface area contributed by atoms with Crippen molar-refractivity contribution < 1.29 is 4.79 Å². The van der Waals surface area contributed by atoms with Crippen LogP contribution in [-0.4, -0.2) is 15.7 Å². The molecule has 0 aliphatic heterocycles. The van der Waals surface area contributed by atoms with E-state index in [9.17, 15) is 4.79 Å². The molecule has 1 heterocycles. The fourth-order valence-electron chi connectivity index (χ4n) is 2.56. The number of amides is 1. The molecule has 3 aromatic rings. The van der Waals surface area contributed by atoms with Crippen LogP contribution in [0.2, 0.25) is 0 Å². The number of halogens is 1. The van der Waals surface area contributed by atoms with Crippen LogP contribution >= 0.6 is 15.9 Å². The zero-order valence-electron chi connectivity index (χ0n) is 13.6. The Labute approximate surface area is 149 Å². The molecule has 4 nitrogen and oxygen atoms in total. The van der Waals surface area contributed by atoms with E-state index in [1.807, 2.05) is 62.5 Å². The van der Waals surface area contributed by atoms with E-state index < -0.39 is 0 Å². The SMILES string of the molecule is Cc1cccc(CNC(=O)c2cc(-c3ccc(Br)cc3)n(C)n2)c1. The molecule has 24 heavy (non-hydrogen) atoms. The Morgan fingerprint density at radius 2 is 1.92 bits per heavy atom. The van der Waals surface area contributed by atoms with E-state index in [0.29, 0.717) is 12.2 Å². The molecule has 0 radical (unpaired) electrons. The first kappa shape index (κ1) is 16.5. The van der Waals surface area contributed by atoms with E-state index in [1.165, 1.54) is 5.56 Å². The fraction of sp³-hybridized carbons (Fsp3) is 0.158. The maximum atomic E-state index is 12.4. The highest BCUT2D eigenvalue weighted by Crippen LogP contribution is 2.22. The monoisotopic (exact) mass is 383 g/mol. The van der Waals surface area contributed by atoms with Gasteiger partial charge in [0.15, 0.2) is 5.69 Å². The number of aromatic nitrogens is 2. The summed E-state index contributed by atoms with van der Waals surface area (Å²) in [6.45, 7) is 2.53. The van der Waals surface area contributed by atoms with E-state index in [-0.39, 0.29) is 5.91 Å². The first-order valence-electron chi connectivity index (χ1n) is 7.66. The minimum Gasteiger partial charge on any atom is -0.347 e. The molecule has 0 atom stereocenters. The minimum absolute atomic E-state index is 0.171. The number of aryl methyl sites for hydroxylation is 2. The standard InChI is InChI=1S/C19H18BrN3O/c1-13-4-3-5-14(10-13)12-21-19(24)17-11-18(23(2)22-17)15-6-8-16(20)9-7-15/h3-11H,12H2,1-2H3,(H,21,24). The van der Waals surface area contributed by atoms with Gasteiger partial charge in [0.2, 0.25) is 0 Å². The Morgan fingerprint density at radius 1 is 1.17 bits per heavy atom. The van der Waals surface area contributed by atoms with E-state index in [0.717, 1.165) is 21.3 Å². The number of nitrogens with one attached hydrogen (secondary N) is 1. The molecular weight excluding hydrogens is 366 g/mol. The van der Waals surface area contributed by atoms with Crippen molar-refractivity contribution in [2.75, 3.05) is 0 Å². The van der Waals surface area contributed by atoms with Crippen molar-refractivity contribution in [2.45, 2.75) is 13.5 Å². The lowest BCUT2D eigenvalue weighted by Gasteiger charge is -2.04. The second kappa shape index (κ2) is 7.01. The lowest BCUT2D eigenvalue weighted by molar-refractivity contribution is 0.0945. The van der Waals surface area contributed by atoms with Crippen molar-refractivity contribution >= 4 is 21.8 Å². The van der Waals surface area contributed by atoms with Gasteiger partial charge in [0.05, 0.1) is 5.69 Å². The predicted molar refractivity (Wildman–Crippen MR) is 98.7 cm³/mol. The van der Waals surface area contributed by atoms with Gasteiger partial charge in [0, 0.05) is 18.1 Å². The van der Waals surface area contributed by atoms with Crippen LogP contribution in [0.4, 0.5) is 0 Å². The average molecular weight is 384 g/mol. The molecule has 0 spiro atoms. The highest BCUT2D eigenvalue weighted by atomic mass is 79.9. The van der Waals surface area contributed by atoms with Crippen molar-refractivity contribution in [3.05, 3.63) is 75.9 Å². The third kappa shape index (κ3) is 3.74. The predicted octanol–water partition coefficient (Wildman–Crippen LogP) is 4.09. The summed E-state index contributed by atoms with van der Waals surface area (Å²) in [7, 11) is 1.84. The van der Waals surface area contributed by atoms with Gasteiger partial charge in [0.25, 0.3) is 5.91 Å². The molecule has 2 aromatic carbocycles. The molecule has 3 rings (SSSR count). The van der Waals surface area contributed by atoms with Crippen LogP contribution in [-0.2, 0) is 13.6 Å². The average Bonchev–Trinajstić information content (AvgIpc) is 2.95. The Morgan fingerprint density at radius 3 is 2.62 bits per heavy atom. The van der Waals surface area contributed by atoms with E-state index in [2.05, 4.69) is 32.4 Å². The van der Waals surface area contributed by atoms with E-state index in [1.54, 1.807) is 4.68 Å². The summed E-state index contributed by atoms with van der Waals surface area (Å²) >= 11 is 3.43. The first-order valence-corrected chi connectivity index (χ1v) is 8.46. The topological polar surface area (TPSA) is 46.9 Å². The van der Waals surface area contributed by atoms with Crippen molar-refractivity contribution in [3.63, 3.8) is 0 Å². The van der Waals surface area contributed by atoms with Crippen LogP contribution in [0.3, 0.4) is 0 Å². The van der Waals surface area contributed by atoms with Gasteiger partial charge in [-0.3, -0.25) is 9.48 Å². The molecular formula is C19H18BrN3O. The molecule has 0 saturated heterocycles. The molecule has 1 N–H and O–H groups in total. The quantitative estimate of drug-likeness (QED) is 0.737. The zero-order valence-corrected chi connectivity index (χ0v) is 15.2. The summed E-state index contributed by atoms with van der Waals surface area (Å²) in [6, 6.07) is 17.8. The van der Waals surface area contributed by atoms with Crippen molar-refractivity contribution in [1.82, 2.24) is 15.1 Å². The molecule has 0 aliphatic rings. The molecule has 1 aromatic heterocycles. The summed E-state index contributed by atoms with van der Waals surface area (Å²) in [5, 5.41) is 7.25. The van der Waals surface area contributed by atoms with Crippen molar-refractivity contribution in [3.8, 4) is 11.3 Å². The molecule has 0 aliphatic carbocycles. The summed E-state index contributed by atoms with van der Waals surface area (Å²) in [5.74, 6) is -0.171. The van der Waals surface area contributed by atoms with Crippen molar-refractivity contribution in [1.29, 1.82) is 0 Å². The van der Waals surface area contributed by atoms with Gasteiger partial charge in [-0.15, -0.1) is 0 Å². The van der Waals surface area contributed by atoms with Crippen LogP contribution in [0.1, 0.15) is 21.6 Å². The molecule has 0 bridgehead atoms. The van der Waals surface area contributed by atoms with Crippen LogP contribution in [0.5, 0.6) is 0 Å². The first-order chi connectivity index (χ1) is 11.5.